The maximum absolute atomic E-state index is 12.6. The first-order chi connectivity index (χ1) is 15.7. The van der Waals surface area contributed by atoms with Crippen LogP contribution in [0.15, 0.2) is 36.7 Å². The first kappa shape index (κ1) is 22.5. The number of carbonyl (C=O) groups excluding carboxylic acids is 1. The van der Waals surface area contributed by atoms with E-state index in [1.807, 2.05) is 26.8 Å². The Morgan fingerprint density at radius 3 is 2.79 bits per heavy atom. The van der Waals surface area contributed by atoms with Gasteiger partial charge in [-0.3, -0.25) is 4.40 Å². The fourth-order valence-electron chi connectivity index (χ4n) is 3.89. The van der Waals surface area contributed by atoms with Gasteiger partial charge in [-0.25, -0.2) is 9.78 Å². The van der Waals surface area contributed by atoms with Crippen LogP contribution in [-0.4, -0.2) is 48.7 Å². The van der Waals surface area contributed by atoms with Crippen molar-refractivity contribution in [2.45, 2.75) is 58.1 Å². The number of piperidine rings is 1. The van der Waals surface area contributed by atoms with Gasteiger partial charge in [0.1, 0.15) is 17.2 Å². The van der Waals surface area contributed by atoms with Gasteiger partial charge in [0.2, 0.25) is 5.78 Å². The Morgan fingerprint density at radius 1 is 1.24 bits per heavy atom. The van der Waals surface area contributed by atoms with Gasteiger partial charge in [0.25, 0.3) is 0 Å². The van der Waals surface area contributed by atoms with Crippen LogP contribution in [0.4, 0.5) is 10.6 Å². The zero-order valence-electron chi connectivity index (χ0n) is 19.2. The summed E-state index contributed by atoms with van der Waals surface area (Å²) in [6, 6.07) is 7.02. The summed E-state index contributed by atoms with van der Waals surface area (Å²) in [6.45, 7) is 6.30. The predicted molar refractivity (Wildman–Crippen MR) is 127 cm³/mol. The molecular weight excluding hydrogens is 418 g/mol. The standard InChI is InChI=1S/C25H29N5O3/c1-25(2,3)33-24(32)30-14-7-6-10-18(30)11-8-9-17-15-29-16-20(27-23(29)28-22(17)26)19-12-4-5-13-21(19)31/h4-5,12-13,15-16,18,31H,6-7,10-11,14H2,1-3H3,(H2,26,27,28). The molecule has 1 aliphatic rings. The topological polar surface area (TPSA) is 106 Å². The molecule has 0 bridgehead atoms. The second-order valence-corrected chi connectivity index (χ2v) is 9.22. The highest BCUT2D eigenvalue weighted by molar-refractivity contribution is 5.69. The summed E-state index contributed by atoms with van der Waals surface area (Å²) in [5.74, 6) is 7.15. The molecule has 33 heavy (non-hydrogen) atoms. The Morgan fingerprint density at radius 2 is 2.03 bits per heavy atom. The molecule has 3 N–H and O–H groups in total. The Balaban J connectivity index is 1.53. The first-order valence-electron chi connectivity index (χ1n) is 11.1. The van der Waals surface area contributed by atoms with Crippen LogP contribution in [0.5, 0.6) is 5.75 Å². The Kier molecular flexibility index (Phi) is 6.14. The number of nitrogens with zero attached hydrogens (tertiary/aromatic N) is 4. The lowest BCUT2D eigenvalue weighted by atomic mass is 10.00. The summed E-state index contributed by atoms with van der Waals surface area (Å²) in [5.41, 5.74) is 7.40. The molecule has 172 valence electrons. The number of para-hydroxylation sites is 1. The fraction of sp³-hybridized carbons (Fsp3) is 0.400. The number of phenolic OH excluding ortho intramolecular Hbond substituents is 1. The molecule has 3 aromatic rings. The van der Waals surface area contributed by atoms with Crippen molar-refractivity contribution in [1.82, 2.24) is 19.3 Å². The van der Waals surface area contributed by atoms with Crippen molar-refractivity contribution in [2.24, 2.45) is 0 Å². The number of imidazole rings is 1. The van der Waals surface area contributed by atoms with Gasteiger partial charge >= 0.3 is 6.09 Å². The molecule has 1 amide bonds. The molecule has 1 unspecified atom stereocenters. The van der Waals surface area contributed by atoms with Crippen LogP contribution in [0.1, 0.15) is 52.0 Å². The first-order valence-corrected chi connectivity index (χ1v) is 11.1. The number of aromatic nitrogens is 3. The second-order valence-electron chi connectivity index (χ2n) is 9.22. The largest absolute Gasteiger partial charge is 0.507 e. The van der Waals surface area contributed by atoms with Gasteiger partial charge in [0.15, 0.2) is 0 Å². The number of anilines is 1. The second kappa shape index (κ2) is 9.02. The zero-order valence-corrected chi connectivity index (χ0v) is 19.2. The molecule has 0 saturated carbocycles. The maximum atomic E-state index is 12.6. The minimum absolute atomic E-state index is 0.0138. The van der Waals surface area contributed by atoms with E-state index >= 15 is 0 Å². The number of nitrogen functional groups attached to an aromatic ring is 1. The summed E-state index contributed by atoms with van der Waals surface area (Å²) in [6.07, 6.45) is 6.74. The van der Waals surface area contributed by atoms with E-state index in [1.165, 1.54) is 0 Å². The third-order valence-electron chi connectivity index (χ3n) is 5.47. The number of hydrogen-bond donors (Lipinski definition) is 2. The number of aromatic hydroxyl groups is 1. The molecule has 0 spiro atoms. The van der Waals surface area contributed by atoms with Gasteiger partial charge in [-0.15, -0.1) is 0 Å². The number of ether oxygens (including phenoxy) is 1. The number of benzene rings is 1. The molecule has 1 saturated heterocycles. The van der Waals surface area contributed by atoms with Gasteiger partial charge in [-0.1, -0.05) is 24.0 Å². The van der Waals surface area contributed by atoms with Gasteiger partial charge in [0.05, 0.1) is 11.3 Å². The number of phenols is 1. The molecule has 8 nitrogen and oxygen atoms in total. The SMILES string of the molecule is CC(C)(C)OC(=O)N1CCCCC1CC#Cc1cn2cc(-c3ccccc3O)nc2nc1N. The van der Waals surface area contributed by atoms with E-state index in [1.54, 1.807) is 39.9 Å². The minimum atomic E-state index is -0.527. The quantitative estimate of drug-likeness (QED) is 0.570. The third kappa shape index (κ3) is 5.20. The van der Waals surface area contributed by atoms with Crippen molar-refractivity contribution < 1.29 is 14.6 Å². The van der Waals surface area contributed by atoms with E-state index in [0.717, 1.165) is 19.3 Å². The fourth-order valence-corrected chi connectivity index (χ4v) is 3.89. The molecule has 4 rings (SSSR count). The minimum Gasteiger partial charge on any atom is -0.507 e. The maximum Gasteiger partial charge on any atom is 0.410 e. The lowest BCUT2D eigenvalue weighted by Crippen LogP contribution is -2.46. The van der Waals surface area contributed by atoms with Crippen LogP contribution >= 0.6 is 0 Å². The van der Waals surface area contributed by atoms with E-state index in [0.29, 0.717) is 35.6 Å². The van der Waals surface area contributed by atoms with Crippen LogP contribution in [0, 0.1) is 11.8 Å². The molecule has 1 aromatic carbocycles. The molecule has 1 aliphatic heterocycles. The summed E-state index contributed by atoms with van der Waals surface area (Å²) >= 11 is 0. The average molecular weight is 448 g/mol. The highest BCUT2D eigenvalue weighted by Crippen LogP contribution is 2.28. The summed E-state index contributed by atoms with van der Waals surface area (Å²) in [7, 11) is 0. The van der Waals surface area contributed by atoms with Crippen molar-refractivity contribution in [3.8, 4) is 28.8 Å². The lowest BCUT2D eigenvalue weighted by molar-refractivity contribution is 0.0105. The number of fused-ring (bicyclic) bond motifs is 1. The number of hydrogen-bond acceptors (Lipinski definition) is 6. The molecule has 1 atom stereocenters. The van der Waals surface area contributed by atoms with E-state index in [-0.39, 0.29) is 23.7 Å². The molecule has 3 heterocycles. The Bertz CT molecular complexity index is 1230. The number of nitrogens with two attached hydrogens (primary N) is 1. The Hall–Kier alpha value is -3.73. The van der Waals surface area contributed by atoms with Crippen LogP contribution in [0.3, 0.4) is 0 Å². The molecule has 1 fully saturated rings. The summed E-state index contributed by atoms with van der Waals surface area (Å²) in [4.78, 5) is 23.2. The third-order valence-corrected chi connectivity index (χ3v) is 5.47. The van der Waals surface area contributed by atoms with Crippen LogP contribution < -0.4 is 5.73 Å². The van der Waals surface area contributed by atoms with Crippen LogP contribution in [-0.2, 0) is 4.74 Å². The van der Waals surface area contributed by atoms with Crippen LogP contribution in [0.25, 0.3) is 17.0 Å². The highest BCUT2D eigenvalue weighted by Gasteiger charge is 2.29. The number of amides is 1. The monoisotopic (exact) mass is 447 g/mol. The molecule has 0 radical (unpaired) electrons. The number of rotatable bonds is 2. The zero-order chi connectivity index (χ0) is 23.6. The summed E-state index contributed by atoms with van der Waals surface area (Å²) < 4.78 is 7.31. The van der Waals surface area contributed by atoms with Gasteiger partial charge < -0.3 is 20.5 Å². The Labute approximate surface area is 193 Å². The molecular formula is C25H29N5O3. The van der Waals surface area contributed by atoms with Crippen molar-refractivity contribution >= 4 is 17.7 Å². The number of likely N-dealkylation sites (tertiary alicyclic amines) is 1. The van der Waals surface area contributed by atoms with E-state index in [4.69, 9.17) is 10.5 Å². The molecule has 2 aromatic heterocycles. The van der Waals surface area contributed by atoms with Crippen molar-refractivity contribution in [3.05, 3.63) is 42.2 Å². The molecule has 0 aliphatic carbocycles. The van der Waals surface area contributed by atoms with Crippen LogP contribution in [0.2, 0.25) is 0 Å². The smallest absolute Gasteiger partial charge is 0.410 e. The molecule has 8 heteroatoms. The predicted octanol–water partition coefficient (Wildman–Crippen LogP) is 4.22. The lowest BCUT2D eigenvalue weighted by Gasteiger charge is -2.36. The normalized spacial score (nSPS) is 16.3. The van der Waals surface area contributed by atoms with Crippen molar-refractivity contribution in [3.63, 3.8) is 0 Å². The van der Waals surface area contributed by atoms with Crippen molar-refractivity contribution in [2.75, 3.05) is 12.3 Å². The highest BCUT2D eigenvalue weighted by atomic mass is 16.6. The van der Waals surface area contributed by atoms with Gasteiger partial charge in [0, 0.05) is 37.0 Å². The number of carbonyl (C=O) groups is 1. The summed E-state index contributed by atoms with van der Waals surface area (Å²) in [5, 5.41) is 10.1. The van der Waals surface area contributed by atoms with Gasteiger partial charge in [-0.05, 0) is 52.2 Å². The van der Waals surface area contributed by atoms with Gasteiger partial charge in [-0.2, -0.15) is 4.98 Å². The van der Waals surface area contributed by atoms with E-state index < -0.39 is 5.60 Å². The van der Waals surface area contributed by atoms with E-state index in [9.17, 15) is 9.90 Å². The van der Waals surface area contributed by atoms with E-state index in [2.05, 4.69) is 21.8 Å². The van der Waals surface area contributed by atoms with Crippen molar-refractivity contribution in [1.29, 1.82) is 0 Å². The average Bonchev–Trinajstić information content (AvgIpc) is 3.15.